The van der Waals surface area contributed by atoms with Crippen LogP contribution in [0.2, 0.25) is 0 Å². The average Bonchev–Trinajstić information content (AvgIpc) is 4.15. The number of aliphatic hydroxyl groups excluding tert-OH is 1. The summed E-state index contributed by atoms with van der Waals surface area (Å²) in [6, 6.07) is 4.89. The number of amides is 4. The van der Waals surface area contributed by atoms with Crippen LogP contribution in [0, 0.1) is 41.2 Å². The van der Waals surface area contributed by atoms with E-state index in [1.54, 1.807) is 23.6 Å². The summed E-state index contributed by atoms with van der Waals surface area (Å²) in [6.07, 6.45) is -11.3. The van der Waals surface area contributed by atoms with E-state index in [0.29, 0.717) is 74.1 Å². The number of anilines is 1. The first-order valence-electron chi connectivity index (χ1n) is 25.8. The van der Waals surface area contributed by atoms with Crippen LogP contribution in [0.3, 0.4) is 0 Å². The van der Waals surface area contributed by atoms with Crippen molar-refractivity contribution in [2.24, 2.45) is 10.8 Å². The second-order valence-electron chi connectivity index (χ2n) is 21.4. The predicted octanol–water partition coefficient (Wildman–Crippen LogP) is 6.93. The minimum absolute atomic E-state index is 0.200. The molecule has 0 radical (unpaired) electrons. The number of benzene rings is 2. The fourth-order valence-electron chi connectivity index (χ4n) is 9.87. The fourth-order valence-corrected chi connectivity index (χ4v) is 9.87. The largest absolute Gasteiger partial charge is 0.453 e. The number of methoxy groups -OCH3 is 2. The highest BCUT2D eigenvalue weighted by Crippen LogP contribution is 2.42. The minimum Gasteiger partial charge on any atom is -0.453 e. The highest BCUT2D eigenvalue weighted by atomic mass is 19.4. The first-order valence-corrected chi connectivity index (χ1v) is 25.8. The molecule has 5 heterocycles. The number of nitrogens with one attached hydrogen (secondary N) is 4. The van der Waals surface area contributed by atoms with Crippen LogP contribution in [0.4, 0.5) is 59.3 Å². The number of rotatable bonds is 19. The number of hydrogen-bond acceptors (Lipinski definition) is 13. The van der Waals surface area contributed by atoms with Crippen molar-refractivity contribution in [1.29, 1.82) is 0 Å². The van der Waals surface area contributed by atoms with E-state index in [4.69, 9.17) is 9.72 Å². The van der Waals surface area contributed by atoms with Crippen LogP contribution >= 0.6 is 0 Å². The summed E-state index contributed by atoms with van der Waals surface area (Å²) in [5.74, 6) is 0.911. The predicted molar refractivity (Wildman–Crippen MR) is 274 cm³/mol. The number of aromatic nitrogens is 3. The molecule has 4 aromatic rings. The van der Waals surface area contributed by atoms with Gasteiger partial charge >= 0.3 is 31.1 Å². The smallest absolute Gasteiger partial charge is 0.407 e. The number of carbonyl (C=O) groups is 4. The second kappa shape index (κ2) is 25.1. The summed E-state index contributed by atoms with van der Waals surface area (Å²) in [5, 5.41) is 22.1. The molecule has 3 fully saturated rings. The number of hydrazine groups is 1. The maximum atomic E-state index is 16.1. The summed E-state index contributed by atoms with van der Waals surface area (Å²) in [5.41, 5.74) is -3.50. The number of aryl methyl sites for hydroxylation is 1. The van der Waals surface area contributed by atoms with Crippen molar-refractivity contribution in [2.75, 3.05) is 52.0 Å². The molecule has 28 heteroatoms. The van der Waals surface area contributed by atoms with Crippen molar-refractivity contribution in [1.82, 2.24) is 46.0 Å². The van der Waals surface area contributed by atoms with Crippen LogP contribution in [-0.4, -0.2) is 156 Å². The topological polar surface area (TPSA) is 205 Å². The highest BCUT2D eigenvalue weighted by Gasteiger charge is 2.57. The number of ether oxygens (including phenoxy) is 3. The Balaban J connectivity index is 1.19. The van der Waals surface area contributed by atoms with Crippen LogP contribution in [-0.2, 0) is 36.8 Å². The van der Waals surface area contributed by atoms with Gasteiger partial charge in [-0.05, 0) is 101 Å². The van der Waals surface area contributed by atoms with Gasteiger partial charge in [-0.15, -0.1) is 0 Å². The Kier molecular flexibility index (Phi) is 19.1. The van der Waals surface area contributed by atoms with Gasteiger partial charge in [0.2, 0.25) is 5.91 Å². The normalized spacial score (nSPS) is 18.4. The molecule has 0 spiro atoms. The third kappa shape index (κ3) is 14.2. The van der Waals surface area contributed by atoms with E-state index in [1.807, 2.05) is 23.7 Å². The van der Waals surface area contributed by atoms with Crippen molar-refractivity contribution in [3.05, 3.63) is 100 Å². The molecule has 0 saturated carbocycles. The highest BCUT2D eigenvalue weighted by molar-refractivity contribution is 5.87. The molecular weight excluding hydrogens is 1110 g/mol. The van der Waals surface area contributed by atoms with Gasteiger partial charge in [-0.3, -0.25) is 19.9 Å². The van der Waals surface area contributed by atoms with E-state index < -0.39 is 115 Å². The number of carbonyl (C=O) groups excluding carboxylic acids is 4. The summed E-state index contributed by atoms with van der Waals surface area (Å²) in [4.78, 5) is 62.6. The van der Waals surface area contributed by atoms with E-state index in [1.165, 1.54) is 12.1 Å². The molecule has 446 valence electrons. The zero-order valence-electron chi connectivity index (χ0n) is 45.5. The molecule has 7 rings (SSSR count). The van der Waals surface area contributed by atoms with Crippen molar-refractivity contribution in [3.63, 3.8) is 0 Å². The maximum Gasteiger partial charge on any atom is 0.407 e. The van der Waals surface area contributed by atoms with Gasteiger partial charge in [-0.2, -0.15) is 40.2 Å². The molecule has 82 heavy (non-hydrogen) atoms. The lowest BCUT2D eigenvalue weighted by atomic mass is 9.82. The maximum absolute atomic E-state index is 16.1. The van der Waals surface area contributed by atoms with Gasteiger partial charge in [0, 0.05) is 72.9 Å². The zero-order valence-corrected chi connectivity index (χ0v) is 45.5. The van der Waals surface area contributed by atoms with Gasteiger partial charge < -0.3 is 40.2 Å². The van der Waals surface area contributed by atoms with Crippen molar-refractivity contribution < 1.29 is 82.4 Å². The lowest BCUT2D eigenvalue weighted by Gasteiger charge is -2.48. The average molecular weight is 1170 g/mol. The van der Waals surface area contributed by atoms with E-state index in [9.17, 15) is 59.4 Å². The molecule has 0 aliphatic carbocycles. The van der Waals surface area contributed by atoms with Crippen LogP contribution < -0.4 is 26.3 Å². The summed E-state index contributed by atoms with van der Waals surface area (Å²) >= 11 is 0. The molecule has 4 amide bonds. The van der Waals surface area contributed by atoms with Crippen molar-refractivity contribution in [2.45, 2.75) is 122 Å². The number of aliphatic hydroxyl groups is 1. The molecule has 2 unspecified atom stereocenters. The number of pyridine rings is 1. The Hall–Kier alpha value is -7.22. The van der Waals surface area contributed by atoms with Crippen LogP contribution in [0.15, 0.2) is 60.9 Å². The van der Waals surface area contributed by atoms with Gasteiger partial charge in [0.25, 0.3) is 5.91 Å². The van der Waals surface area contributed by atoms with Crippen LogP contribution in [0.25, 0.3) is 11.3 Å². The van der Waals surface area contributed by atoms with Gasteiger partial charge in [0.05, 0.1) is 62.1 Å². The third-order valence-corrected chi connectivity index (χ3v) is 15.1. The number of alkyl carbamates (subject to hydrolysis) is 2. The zero-order chi connectivity index (χ0) is 60.2. The molecule has 2 aromatic carbocycles. The van der Waals surface area contributed by atoms with Gasteiger partial charge in [0.1, 0.15) is 29.5 Å². The quantitative estimate of drug-likeness (QED) is 0.0368. The minimum atomic E-state index is -5.23. The monoisotopic (exact) mass is 1170 g/mol. The molecule has 2 bridgehead atoms. The first-order chi connectivity index (χ1) is 38.4. The molecule has 3 saturated heterocycles. The van der Waals surface area contributed by atoms with Crippen LogP contribution in [0.1, 0.15) is 74.9 Å². The lowest BCUT2D eigenvalue weighted by Crippen LogP contribution is -2.63. The van der Waals surface area contributed by atoms with Crippen LogP contribution in [0.5, 0.6) is 0 Å². The van der Waals surface area contributed by atoms with Crippen molar-refractivity contribution >= 4 is 29.8 Å². The summed E-state index contributed by atoms with van der Waals surface area (Å²) in [6.45, 7) is 1.95. The van der Waals surface area contributed by atoms with Gasteiger partial charge in [-0.25, -0.2) is 33.0 Å². The number of hydrogen-bond donors (Lipinski definition) is 5. The molecule has 18 nitrogen and oxygen atoms in total. The SMILES string of the molecule is COC(=O)N[C@H](C(=O)N[C@@H](Cc1ccc(C#Cc2cnc(N3CC4CCC(C3)N4C3COC3)cc2C)cc1)[C@@H](O)CN(Cc1c(F)cc(-c2ccn(C(F)F)n2)cc1F)NC(=O)[C@@H](NC(=O)OC)C(C)(C)C(F)(F)F)C(C)(C)C(F)(F)F. The molecule has 3 aliphatic heterocycles. The fraction of sp³-hybridized carbons (Fsp3) is 0.519. The van der Waals surface area contributed by atoms with Crippen molar-refractivity contribution in [3.8, 4) is 23.1 Å². The van der Waals surface area contributed by atoms with Gasteiger partial charge in [-0.1, -0.05) is 24.0 Å². The molecule has 5 N–H and O–H groups in total. The number of piperazine rings is 1. The Morgan fingerprint density at radius 1 is 0.805 bits per heavy atom. The molecular formula is C54H62F10N10O8. The summed E-state index contributed by atoms with van der Waals surface area (Å²) < 4.78 is 161. The molecule has 6 atom stereocenters. The van der Waals surface area contributed by atoms with E-state index in [0.717, 1.165) is 77.0 Å². The number of halogens is 10. The number of fused-ring (bicyclic) bond motifs is 2. The van der Waals surface area contributed by atoms with E-state index >= 15 is 8.78 Å². The summed E-state index contributed by atoms with van der Waals surface area (Å²) in [7, 11) is 1.61. The Morgan fingerprint density at radius 2 is 1.37 bits per heavy atom. The van der Waals surface area contributed by atoms with E-state index in [2.05, 4.69) is 41.5 Å². The molecule has 3 aliphatic rings. The third-order valence-electron chi connectivity index (χ3n) is 15.1. The Morgan fingerprint density at radius 3 is 1.85 bits per heavy atom. The first kappa shape index (κ1) is 62.4. The molecule has 2 aromatic heterocycles. The number of nitrogens with zero attached hydrogens (tertiary/aromatic N) is 6. The van der Waals surface area contributed by atoms with E-state index in [-0.39, 0.29) is 21.5 Å². The Bertz CT molecular complexity index is 2980. The standard InChI is InChI=1S/C54H62F10N10O8/c1-29-18-43(71-23-34-14-15-35(24-71)74(34)36-27-82-28-36)65-22-32(29)13-12-30-8-10-31(11-9-30)19-41(66-46(76)44(67-49(78)80-6)51(2,3)53(59,60)61)42(75)26-72(70-47(77)45(68-50(79)81-7)52(4,5)54(62,63)64)25-37-38(55)20-33(21-39(37)56)40-16-17-73(69-40)48(57)58/h8-11,16-18,20-22,34-36,41-42,44-45,48,75H,14-15,19,23-28H2,1-7H3,(H,66,76)(H,67,78)(H,68,79)(H,70,77)/t34?,35?,41-,42-,44+,45+/m0/s1. The van der Waals surface area contributed by atoms with Gasteiger partial charge in [0.15, 0.2) is 0 Å². The second-order valence-corrected chi connectivity index (χ2v) is 21.4. The number of alkyl halides is 8. The Labute approximate surface area is 465 Å². The lowest BCUT2D eigenvalue weighted by molar-refractivity contribution is -0.221.